The van der Waals surface area contributed by atoms with Gasteiger partial charge in [0.25, 0.3) is 5.91 Å². The van der Waals surface area contributed by atoms with Gasteiger partial charge in [-0.15, -0.1) is 11.3 Å². The molecule has 30 heavy (non-hydrogen) atoms. The van der Waals surface area contributed by atoms with Crippen LogP contribution in [0.1, 0.15) is 20.8 Å². The summed E-state index contributed by atoms with van der Waals surface area (Å²) < 4.78 is 21.1. The Morgan fingerprint density at radius 2 is 2.03 bits per heavy atom. The van der Waals surface area contributed by atoms with Crippen LogP contribution in [0.2, 0.25) is 5.02 Å². The largest absolute Gasteiger partial charge is 0.489 e. The first-order valence-corrected chi connectivity index (χ1v) is 10.4. The molecule has 2 heterocycles. The molecule has 0 atom stereocenters. The fourth-order valence-electron chi connectivity index (χ4n) is 2.79. The van der Waals surface area contributed by atoms with Crippen LogP contribution in [0.4, 0.5) is 10.2 Å². The molecule has 4 aromatic rings. The molecule has 2 aromatic heterocycles. The number of ether oxygens (including phenoxy) is 1. The summed E-state index contributed by atoms with van der Waals surface area (Å²) in [7, 11) is 0. The Labute approximate surface area is 181 Å². The van der Waals surface area contributed by atoms with Crippen molar-refractivity contribution in [2.75, 3.05) is 5.32 Å². The van der Waals surface area contributed by atoms with Gasteiger partial charge in [-0.05, 0) is 35.7 Å². The fourth-order valence-corrected chi connectivity index (χ4v) is 3.76. The second-order valence-corrected chi connectivity index (χ2v) is 7.86. The average molecular weight is 442 g/mol. The van der Waals surface area contributed by atoms with E-state index in [0.29, 0.717) is 33.6 Å². The van der Waals surface area contributed by atoms with Gasteiger partial charge in [-0.3, -0.25) is 9.48 Å². The number of nitrogens with zero attached hydrogens (tertiary/aromatic N) is 2. The molecule has 0 radical (unpaired) electrons. The predicted molar refractivity (Wildman–Crippen MR) is 116 cm³/mol. The number of aromatic nitrogens is 2. The van der Waals surface area contributed by atoms with Crippen LogP contribution in [0.15, 0.2) is 72.2 Å². The van der Waals surface area contributed by atoms with E-state index in [9.17, 15) is 9.18 Å². The van der Waals surface area contributed by atoms with Crippen molar-refractivity contribution < 1.29 is 13.9 Å². The maximum Gasteiger partial charge on any atom is 0.266 e. The number of rotatable bonds is 7. The molecule has 152 valence electrons. The molecular weight excluding hydrogens is 425 g/mol. The molecule has 0 aliphatic carbocycles. The highest BCUT2D eigenvalue weighted by Gasteiger charge is 2.12. The SMILES string of the molecule is O=C(Nc1ccn(Cc2ccccc2F)n1)c1cc(COc2cccc(Cl)c2)cs1. The van der Waals surface area contributed by atoms with Crippen molar-refractivity contribution in [2.45, 2.75) is 13.2 Å². The molecular formula is C22H17ClFN3O2S. The lowest BCUT2D eigenvalue weighted by molar-refractivity contribution is 0.103. The van der Waals surface area contributed by atoms with Gasteiger partial charge in [-0.2, -0.15) is 5.10 Å². The van der Waals surface area contributed by atoms with Gasteiger partial charge in [-0.1, -0.05) is 35.9 Å². The number of nitrogens with one attached hydrogen (secondary N) is 1. The lowest BCUT2D eigenvalue weighted by Crippen LogP contribution is -2.11. The van der Waals surface area contributed by atoms with Gasteiger partial charge in [0, 0.05) is 28.4 Å². The zero-order valence-electron chi connectivity index (χ0n) is 15.7. The Balaban J connectivity index is 1.34. The third kappa shape index (κ3) is 5.06. The smallest absolute Gasteiger partial charge is 0.266 e. The van der Waals surface area contributed by atoms with Crippen LogP contribution in [0.25, 0.3) is 0 Å². The maximum absolute atomic E-state index is 13.8. The Bertz CT molecular complexity index is 1170. The van der Waals surface area contributed by atoms with Gasteiger partial charge in [0.1, 0.15) is 18.2 Å². The molecule has 0 saturated carbocycles. The highest BCUT2D eigenvalue weighted by Crippen LogP contribution is 2.21. The Hall–Kier alpha value is -3.16. The lowest BCUT2D eigenvalue weighted by atomic mass is 10.2. The first-order valence-electron chi connectivity index (χ1n) is 9.11. The van der Waals surface area contributed by atoms with Crippen LogP contribution >= 0.6 is 22.9 Å². The highest BCUT2D eigenvalue weighted by atomic mass is 35.5. The minimum absolute atomic E-state index is 0.259. The van der Waals surface area contributed by atoms with E-state index in [2.05, 4.69) is 10.4 Å². The number of anilines is 1. The molecule has 4 rings (SSSR count). The fraction of sp³-hybridized carbons (Fsp3) is 0.0909. The minimum Gasteiger partial charge on any atom is -0.489 e. The van der Waals surface area contributed by atoms with E-state index >= 15 is 0 Å². The zero-order valence-corrected chi connectivity index (χ0v) is 17.3. The number of hydrogen-bond acceptors (Lipinski definition) is 4. The van der Waals surface area contributed by atoms with E-state index in [1.165, 1.54) is 17.4 Å². The number of thiophene rings is 1. The number of benzene rings is 2. The van der Waals surface area contributed by atoms with Crippen LogP contribution in [0.5, 0.6) is 5.75 Å². The molecule has 0 spiro atoms. The zero-order chi connectivity index (χ0) is 20.9. The van der Waals surface area contributed by atoms with Gasteiger partial charge >= 0.3 is 0 Å². The van der Waals surface area contributed by atoms with E-state index in [-0.39, 0.29) is 18.3 Å². The average Bonchev–Trinajstić information content (AvgIpc) is 3.38. The molecule has 0 unspecified atom stereocenters. The summed E-state index contributed by atoms with van der Waals surface area (Å²) in [5.41, 5.74) is 1.41. The number of halogens is 2. The quantitative estimate of drug-likeness (QED) is 0.405. The van der Waals surface area contributed by atoms with E-state index in [4.69, 9.17) is 16.3 Å². The van der Waals surface area contributed by atoms with Gasteiger partial charge < -0.3 is 10.1 Å². The second kappa shape index (κ2) is 9.11. The summed E-state index contributed by atoms with van der Waals surface area (Å²) in [5, 5.41) is 9.53. The molecule has 0 saturated heterocycles. The van der Waals surface area contributed by atoms with Gasteiger partial charge in [-0.25, -0.2) is 4.39 Å². The summed E-state index contributed by atoms with van der Waals surface area (Å²) in [5.74, 6) is 0.524. The standard InChI is InChI=1S/C22H17ClFN3O2S/c23-17-5-3-6-18(11-17)29-13-15-10-20(30-14-15)22(28)25-21-8-9-27(26-21)12-16-4-1-2-7-19(16)24/h1-11,14H,12-13H2,(H,25,26,28). The van der Waals surface area contributed by atoms with E-state index in [1.807, 2.05) is 17.5 Å². The van der Waals surface area contributed by atoms with Crippen LogP contribution in [-0.2, 0) is 13.2 Å². The van der Waals surface area contributed by atoms with Crippen LogP contribution < -0.4 is 10.1 Å². The van der Waals surface area contributed by atoms with Crippen molar-refractivity contribution in [3.05, 3.63) is 99.1 Å². The number of hydrogen-bond donors (Lipinski definition) is 1. The van der Waals surface area contributed by atoms with Crippen molar-refractivity contribution in [2.24, 2.45) is 0 Å². The minimum atomic E-state index is -0.287. The highest BCUT2D eigenvalue weighted by molar-refractivity contribution is 7.12. The van der Waals surface area contributed by atoms with E-state index in [1.54, 1.807) is 53.3 Å². The molecule has 2 aromatic carbocycles. The number of carbonyl (C=O) groups excluding carboxylic acids is 1. The van der Waals surface area contributed by atoms with Crippen molar-refractivity contribution in [1.82, 2.24) is 9.78 Å². The van der Waals surface area contributed by atoms with Crippen LogP contribution in [0, 0.1) is 5.82 Å². The third-order valence-electron chi connectivity index (χ3n) is 4.25. The third-order valence-corrected chi connectivity index (χ3v) is 5.46. The monoisotopic (exact) mass is 441 g/mol. The van der Waals surface area contributed by atoms with E-state index in [0.717, 1.165) is 5.56 Å². The molecule has 0 fully saturated rings. The predicted octanol–water partition coefficient (Wildman–Crippen LogP) is 5.62. The van der Waals surface area contributed by atoms with Gasteiger partial charge in [0.15, 0.2) is 5.82 Å². The van der Waals surface area contributed by atoms with Crippen LogP contribution in [0.3, 0.4) is 0 Å². The van der Waals surface area contributed by atoms with Crippen molar-refractivity contribution in [3.8, 4) is 5.75 Å². The summed E-state index contributed by atoms with van der Waals surface area (Å²) in [6.45, 7) is 0.619. The lowest BCUT2D eigenvalue weighted by Gasteiger charge is -2.04. The van der Waals surface area contributed by atoms with Crippen LogP contribution in [-0.4, -0.2) is 15.7 Å². The van der Waals surface area contributed by atoms with Gasteiger partial charge in [0.2, 0.25) is 0 Å². The topological polar surface area (TPSA) is 56.2 Å². The van der Waals surface area contributed by atoms with Gasteiger partial charge in [0.05, 0.1) is 11.4 Å². The van der Waals surface area contributed by atoms with E-state index < -0.39 is 0 Å². The first kappa shape index (κ1) is 20.1. The Kier molecular flexibility index (Phi) is 6.11. The molecule has 0 aliphatic rings. The summed E-state index contributed by atoms with van der Waals surface area (Å²) >= 11 is 7.27. The molecule has 0 bridgehead atoms. The molecule has 1 amide bonds. The molecule has 0 aliphatic heterocycles. The summed E-state index contributed by atoms with van der Waals surface area (Å²) in [4.78, 5) is 13.0. The Morgan fingerprint density at radius 3 is 2.87 bits per heavy atom. The van der Waals surface area contributed by atoms with Crippen molar-refractivity contribution >= 4 is 34.7 Å². The molecule has 5 nitrogen and oxygen atoms in total. The number of amides is 1. The second-order valence-electron chi connectivity index (χ2n) is 6.51. The molecule has 1 N–H and O–H groups in total. The maximum atomic E-state index is 13.8. The Morgan fingerprint density at radius 1 is 1.17 bits per heavy atom. The number of carbonyl (C=O) groups is 1. The molecule has 8 heteroatoms. The summed E-state index contributed by atoms with van der Waals surface area (Å²) in [6.07, 6.45) is 1.70. The summed E-state index contributed by atoms with van der Waals surface area (Å²) in [6, 6.07) is 17.1. The first-order chi connectivity index (χ1) is 14.6. The van der Waals surface area contributed by atoms with Crippen molar-refractivity contribution in [1.29, 1.82) is 0 Å². The van der Waals surface area contributed by atoms with Crippen molar-refractivity contribution in [3.63, 3.8) is 0 Å². The normalized spacial score (nSPS) is 10.7.